The summed E-state index contributed by atoms with van der Waals surface area (Å²) in [4.78, 5) is 0. The summed E-state index contributed by atoms with van der Waals surface area (Å²) < 4.78 is 23.3. The molecule has 5 heteroatoms. The molecule has 0 spiro atoms. The van der Waals surface area contributed by atoms with Gasteiger partial charge in [0, 0.05) is 12.1 Å². The molecule has 0 saturated heterocycles. The van der Waals surface area contributed by atoms with Crippen molar-refractivity contribution in [3.63, 3.8) is 0 Å². The van der Waals surface area contributed by atoms with Crippen LogP contribution in [0.25, 0.3) is 0 Å². The molecule has 0 fully saturated rings. The van der Waals surface area contributed by atoms with Crippen molar-refractivity contribution in [2.45, 2.75) is 6.54 Å². The topological polar surface area (TPSA) is 64.7 Å². The van der Waals surface area contributed by atoms with Crippen molar-refractivity contribution >= 4 is 0 Å². The second kappa shape index (κ2) is 7.16. The molecule has 0 aliphatic rings. The lowest BCUT2D eigenvalue weighted by molar-refractivity contribution is 0.0703. The standard InChI is InChI=1S/C11H16FNO3/c12-10-1-2-11(9(7-10)8-13)16-6-5-15-4-3-14/h1-2,7,14H,3-6,8,13H2. The SMILES string of the molecule is NCc1cc(F)ccc1OCCOCCO. The van der Waals surface area contributed by atoms with Crippen LogP contribution in [-0.2, 0) is 11.3 Å². The van der Waals surface area contributed by atoms with Gasteiger partial charge in [0.1, 0.15) is 18.2 Å². The maximum Gasteiger partial charge on any atom is 0.124 e. The highest BCUT2D eigenvalue weighted by Gasteiger charge is 2.03. The van der Waals surface area contributed by atoms with Gasteiger partial charge < -0.3 is 20.3 Å². The van der Waals surface area contributed by atoms with Gasteiger partial charge in [-0.2, -0.15) is 0 Å². The Morgan fingerprint density at radius 3 is 2.75 bits per heavy atom. The maximum atomic E-state index is 12.9. The van der Waals surface area contributed by atoms with Crippen LogP contribution in [0.3, 0.4) is 0 Å². The third-order valence-electron chi connectivity index (χ3n) is 1.96. The number of aliphatic hydroxyl groups excluding tert-OH is 1. The number of halogens is 1. The molecular formula is C11H16FNO3. The van der Waals surface area contributed by atoms with Gasteiger partial charge >= 0.3 is 0 Å². The zero-order chi connectivity index (χ0) is 11.8. The van der Waals surface area contributed by atoms with Gasteiger partial charge in [-0.25, -0.2) is 4.39 Å². The van der Waals surface area contributed by atoms with Crippen molar-refractivity contribution in [2.75, 3.05) is 26.4 Å². The lowest BCUT2D eigenvalue weighted by atomic mass is 10.2. The van der Waals surface area contributed by atoms with Crippen LogP contribution in [0.15, 0.2) is 18.2 Å². The minimum Gasteiger partial charge on any atom is -0.491 e. The molecule has 0 heterocycles. The van der Waals surface area contributed by atoms with Crippen LogP contribution in [-0.4, -0.2) is 31.5 Å². The van der Waals surface area contributed by atoms with Gasteiger partial charge in [0.05, 0.1) is 19.8 Å². The molecule has 0 unspecified atom stereocenters. The summed E-state index contributed by atoms with van der Waals surface area (Å²) in [5.41, 5.74) is 6.09. The van der Waals surface area contributed by atoms with Crippen molar-refractivity contribution in [1.29, 1.82) is 0 Å². The van der Waals surface area contributed by atoms with Crippen molar-refractivity contribution in [3.8, 4) is 5.75 Å². The zero-order valence-corrected chi connectivity index (χ0v) is 8.99. The minimum absolute atomic E-state index is 0.00933. The predicted molar refractivity (Wildman–Crippen MR) is 57.7 cm³/mol. The first-order valence-electron chi connectivity index (χ1n) is 5.08. The Morgan fingerprint density at radius 2 is 2.06 bits per heavy atom. The molecule has 1 rings (SSSR count). The van der Waals surface area contributed by atoms with Crippen LogP contribution in [0.1, 0.15) is 5.56 Å². The molecule has 3 N–H and O–H groups in total. The first-order chi connectivity index (χ1) is 7.77. The molecule has 0 aliphatic carbocycles. The molecule has 0 bridgehead atoms. The Kier molecular flexibility index (Phi) is 5.77. The third-order valence-corrected chi connectivity index (χ3v) is 1.96. The molecule has 1 aromatic carbocycles. The molecule has 0 amide bonds. The van der Waals surface area contributed by atoms with Gasteiger partial charge in [-0.15, -0.1) is 0 Å². The average Bonchev–Trinajstić information content (AvgIpc) is 2.30. The molecule has 0 saturated carbocycles. The van der Waals surface area contributed by atoms with Gasteiger partial charge in [-0.1, -0.05) is 0 Å². The van der Waals surface area contributed by atoms with Gasteiger partial charge in [0.25, 0.3) is 0 Å². The van der Waals surface area contributed by atoms with E-state index >= 15 is 0 Å². The van der Waals surface area contributed by atoms with Crippen LogP contribution in [0, 0.1) is 5.82 Å². The summed E-state index contributed by atoms with van der Waals surface area (Å²) >= 11 is 0. The molecular weight excluding hydrogens is 213 g/mol. The normalized spacial score (nSPS) is 10.4. The van der Waals surface area contributed by atoms with Gasteiger partial charge in [-0.3, -0.25) is 0 Å². The third kappa shape index (κ3) is 4.14. The van der Waals surface area contributed by atoms with E-state index in [0.717, 1.165) is 0 Å². The molecule has 4 nitrogen and oxygen atoms in total. The number of aliphatic hydroxyl groups is 1. The van der Waals surface area contributed by atoms with E-state index in [9.17, 15) is 4.39 Å². The Bertz CT molecular complexity index is 320. The van der Waals surface area contributed by atoms with Crippen LogP contribution in [0.2, 0.25) is 0 Å². The molecule has 0 atom stereocenters. The second-order valence-electron chi connectivity index (χ2n) is 3.14. The van der Waals surface area contributed by atoms with Gasteiger partial charge in [-0.05, 0) is 18.2 Å². The quantitative estimate of drug-likeness (QED) is 0.674. The monoisotopic (exact) mass is 229 g/mol. The highest BCUT2D eigenvalue weighted by Crippen LogP contribution is 2.18. The van der Waals surface area contributed by atoms with E-state index in [1.54, 1.807) is 6.07 Å². The second-order valence-corrected chi connectivity index (χ2v) is 3.14. The lowest BCUT2D eigenvalue weighted by Gasteiger charge is -2.10. The maximum absolute atomic E-state index is 12.9. The van der Waals surface area contributed by atoms with E-state index < -0.39 is 0 Å². The number of nitrogens with two attached hydrogens (primary N) is 1. The molecule has 0 aromatic heterocycles. The van der Waals surface area contributed by atoms with Crippen LogP contribution in [0.4, 0.5) is 4.39 Å². The number of hydrogen-bond acceptors (Lipinski definition) is 4. The number of hydrogen-bond donors (Lipinski definition) is 2. The summed E-state index contributed by atoms with van der Waals surface area (Å²) in [6.45, 7) is 1.23. The Hall–Kier alpha value is -1.17. The summed E-state index contributed by atoms with van der Waals surface area (Å²) in [6.07, 6.45) is 0. The minimum atomic E-state index is -0.329. The van der Waals surface area contributed by atoms with Crippen LogP contribution in [0.5, 0.6) is 5.75 Å². The fraction of sp³-hybridized carbons (Fsp3) is 0.455. The van der Waals surface area contributed by atoms with Crippen molar-refractivity contribution < 1.29 is 19.0 Å². The van der Waals surface area contributed by atoms with E-state index in [1.165, 1.54) is 12.1 Å². The lowest BCUT2D eigenvalue weighted by Crippen LogP contribution is -2.11. The summed E-state index contributed by atoms with van der Waals surface area (Å²) in [7, 11) is 0. The van der Waals surface area contributed by atoms with Crippen molar-refractivity contribution in [2.24, 2.45) is 5.73 Å². The number of ether oxygens (including phenoxy) is 2. The highest BCUT2D eigenvalue weighted by atomic mass is 19.1. The highest BCUT2D eigenvalue weighted by molar-refractivity contribution is 5.33. The zero-order valence-electron chi connectivity index (χ0n) is 8.99. The predicted octanol–water partition coefficient (Wildman–Crippen LogP) is 0.672. The summed E-state index contributed by atoms with van der Waals surface area (Å²) in [5, 5.41) is 8.47. The van der Waals surface area contributed by atoms with E-state index in [4.69, 9.17) is 20.3 Å². The molecule has 90 valence electrons. The van der Waals surface area contributed by atoms with Crippen LogP contribution >= 0.6 is 0 Å². The molecule has 0 aliphatic heterocycles. The van der Waals surface area contributed by atoms with E-state index in [1.807, 2.05) is 0 Å². The fourth-order valence-corrected chi connectivity index (χ4v) is 1.23. The van der Waals surface area contributed by atoms with Gasteiger partial charge in [0.2, 0.25) is 0 Å². The van der Waals surface area contributed by atoms with Crippen molar-refractivity contribution in [3.05, 3.63) is 29.6 Å². The van der Waals surface area contributed by atoms with Crippen LogP contribution < -0.4 is 10.5 Å². The number of rotatable bonds is 7. The fourth-order valence-electron chi connectivity index (χ4n) is 1.23. The largest absolute Gasteiger partial charge is 0.491 e. The smallest absolute Gasteiger partial charge is 0.124 e. The summed E-state index contributed by atoms with van der Waals surface area (Å²) in [6, 6.07) is 4.22. The Labute approximate surface area is 93.8 Å². The van der Waals surface area contributed by atoms with Crippen molar-refractivity contribution in [1.82, 2.24) is 0 Å². The molecule has 16 heavy (non-hydrogen) atoms. The Balaban J connectivity index is 2.41. The first-order valence-corrected chi connectivity index (χ1v) is 5.08. The van der Waals surface area contributed by atoms with Gasteiger partial charge in [0.15, 0.2) is 0 Å². The molecule has 0 radical (unpaired) electrons. The summed E-state index contributed by atoms with van der Waals surface area (Å²) in [5.74, 6) is 0.237. The Morgan fingerprint density at radius 1 is 1.25 bits per heavy atom. The average molecular weight is 229 g/mol. The van der Waals surface area contributed by atoms with E-state index in [-0.39, 0.29) is 25.6 Å². The van der Waals surface area contributed by atoms with E-state index in [2.05, 4.69) is 0 Å². The van der Waals surface area contributed by atoms with E-state index in [0.29, 0.717) is 24.5 Å². The number of benzene rings is 1. The first kappa shape index (κ1) is 12.9. The molecule has 1 aromatic rings.